The second-order valence-corrected chi connectivity index (χ2v) is 5.66. The summed E-state index contributed by atoms with van der Waals surface area (Å²) in [7, 11) is 0. The normalized spacial score (nSPS) is 18.6. The summed E-state index contributed by atoms with van der Waals surface area (Å²) < 4.78 is 13.8. The first-order valence-corrected chi connectivity index (χ1v) is 7.38. The predicted molar refractivity (Wildman–Crippen MR) is 73.0 cm³/mol. The van der Waals surface area contributed by atoms with Crippen molar-refractivity contribution >= 4 is 39.1 Å². The van der Waals surface area contributed by atoms with Gasteiger partial charge in [-0.1, -0.05) is 0 Å². The second-order valence-electron chi connectivity index (χ2n) is 3.82. The van der Waals surface area contributed by atoms with E-state index in [4.69, 9.17) is 0 Å². The van der Waals surface area contributed by atoms with E-state index in [9.17, 15) is 4.39 Å². The third-order valence-electron chi connectivity index (χ3n) is 2.63. The Morgan fingerprint density at radius 3 is 3.06 bits per heavy atom. The smallest absolute Gasteiger partial charge is 0.139 e. The number of nitrogens with one attached hydrogen (secondary N) is 2. The Hall–Kier alpha value is -0.420. The maximum atomic E-state index is 13.3. The van der Waals surface area contributed by atoms with Crippen molar-refractivity contribution in [3.8, 4) is 0 Å². The molecule has 0 radical (unpaired) electrons. The van der Waals surface area contributed by atoms with E-state index in [1.807, 2.05) is 11.8 Å². The summed E-state index contributed by atoms with van der Waals surface area (Å²) in [6, 6.07) is 3.75. The van der Waals surface area contributed by atoms with Gasteiger partial charge >= 0.3 is 0 Å². The lowest BCUT2D eigenvalue weighted by Gasteiger charge is -2.28. The van der Waals surface area contributed by atoms with Crippen LogP contribution in [0.3, 0.4) is 0 Å². The molecule has 2 rings (SSSR count). The van der Waals surface area contributed by atoms with Crippen LogP contribution in [0.1, 0.15) is 6.42 Å². The highest BCUT2D eigenvalue weighted by atomic mass is 79.9. The summed E-state index contributed by atoms with van der Waals surface area (Å²) in [5.41, 5.74) is 1.83. The summed E-state index contributed by atoms with van der Waals surface area (Å²) >= 11 is 5.05. The summed E-state index contributed by atoms with van der Waals surface area (Å²) in [6.07, 6.45) is 3.22. The second kappa shape index (κ2) is 5.27. The molecule has 0 bridgehead atoms. The summed E-state index contributed by atoms with van der Waals surface area (Å²) in [6.45, 7) is 0.856. The third kappa shape index (κ3) is 2.63. The zero-order valence-electron chi connectivity index (χ0n) is 9.02. The molecule has 0 fully saturated rings. The number of anilines is 2. The first-order valence-electron chi connectivity index (χ1n) is 5.19. The molecule has 1 unspecified atom stereocenters. The summed E-state index contributed by atoms with van der Waals surface area (Å²) in [4.78, 5) is 0. The van der Waals surface area contributed by atoms with Crippen LogP contribution in [0.15, 0.2) is 16.6 Å². The molecule has 0 aliphatic carbocycles. The van der Waals surface area contributed by atoms with Crippen LogP contribution in [-0.4, -0.2) is 24.6 Å². The van der Waals surface area contributed by atoms with Crippen LogP contribution in [0.2, 0.25) is 0 Å². The average molecular weight is 305 g/mol. The van der Waals surface area contributed by atoms with Gasteiger partial charge in [-0.15, -0.1) is 0 Å². The van der Waals surface area contributed by atoms with Crippen LogP contribution < -0.4 is 10.6 Å². The van der Waals surface area contributed by atoms with E-state index >= 15 is 0 Å². The van der Waals surface area contributed by atoms with E-state index in [1.165, 1.54) is 6.07 Å². The lowest BCUT2D eigenvalue weighted by molar-refractivity contribution is 0.620. The number of halogens is 2. The van der Waals surface area contributed by atoms with Crippen molar-refractivity contribution in [2.45, 2.75) is 12.5 Å². The molecule has 2 N–H and O–H groups in total. The van der Waals surface area contributed by atoms with Crippen LogP contribution in [0.5, 0.6) is 0 Å². The van der Waals surface area contributed by atoms with Crippen molar-refractivity contribution in [2.24, 2.45) is 0 Å². The van der Waals surface area contributed by atoms with Gasteiger partial charge < -0.3 is 10.6 Å². The molecule has 5 heteroatoms. The Morgan fingerprint density at radius 1 is 1.50 bits per heavy atom. The molecule has 88 valence electrons. The van der Waals surface area contributed by atoms with Gasteiger partial charge in [-0.25, -0.2) is 4.39 Å². The van der Waals surface area contributed by atoms with Gasteiger partial charge in [-0.05, 0) is 40.4 Å². The zero-order valence-corrected chi connectivity index (χ0v) is 11.4. The minimum Gasteiger partial charge on any atom is -0.381 e. The molecule has 0 saturated carbocycles. The van der Waals surface area contributed by atoms with Crippen molar-refractivity contribution < 1.29 is 4.39 Å². The number of rotatable bonds is 3. The van der Waals surface area contributed by atoms with Crippen LogP contribution in [-0.2, 0) is 0 Å². The van der Waals surface area contributed by atoms with Crippen molar-refractivity contribution in [1.82, 2.24) is 0 Å². The standard InChI is InChI=1S/C11H14BrFN2S/c1-16-3-2-7-6-14-10-5-9(13)8(12)4-11(10)15-7/h4-5,7,14-15H,2-3,6H2,1H3. The highest BCUT2D eigenvalue weighted by Gasteiger charge is 2.18. The molecule has 0 spiro atoms. The van der Waals surface area contributed by atoms with Crippen molar-refractivity contribution in [3.63, 3.8) is 0 Å². The Bertz CT molecular complexity index is 386. The Kier molecular flexibility index (Phi) is 3.97. The Morgan fingerprint density at radius 2 is 2.31 bits per heavy atom. The molecule has 16 heavy (non-hydrogen) atoms. The van der Waals surface area contributed by atoms with Gasteiger partial charge in [0.2, 0.25) is 0 Å². The van der Waals surface area contributed by atoms with E-state index in [0.717, 1.165) is 30.1 Å². The maximum Gasteiger partial charge on any atom is 0.139 e. The molecule has 0 amide bonds. The number of fused-ring (bicyclic) bond motifs is 1. The van der Waals surface area contributed by atoms with Crippen molar-refractivity contribution in [3.05, 3.63) is 22.4 Å². The largest absolute Gasteiger partial charge is 0.381 e. The fraction of sp³-hybridized carbons (Fsp3) is 0.455. The Labute approximate surface area is 108 Å². The summed E-state index contributed by atoms with van der Waals surface area (Å²) in [5, 5.41) is 6.68. The van der Waals surface area contributed by atoms with Crippen LogP contribution >= 0.6 is 27.7 Å². The lowest BCUT2D eigenvalue weighted by Crippen LogP contribution is -2.33. The molecule has 1 atom stereocenters. The van der Waals surface area contributed by atoms with E-state index < -0.39 is 0 Å². The summed E-state index contributed by atoms with van der Waals surface area (Å²) in [5.74, 6) is 0.910. The van der Waals surface area contributed by atoms with Crippen molar-refractivity contribution in [2.75, 3.05) is 29.2 Å². The zero-order chi connectivity index (χ0) is 11.5. The molecule has 1 aromatic rings. The lowest BCUT2D eigenvalue weighted by atomic mass is 10.1. The molecular weight excluding hydrogens is 291 g/mol. The van der Waals surface area contributed by atoms with Gasteiger partial charge in [0.25, 0.3) is 0 Å². The molecule has 1 aliphatic rings. The van der Waals surface area contributed by atoms with E-state index in [-0.39, 0.29) is 5.82 Å². The first-order chi connectivity index (χ1) is 7.70. The highest BCUT2D eigenvalue weighted by Crippen LogP contribution is 2.32. The fourth-order valence-corrected chi connectivity index (χ4v) is 2.61. The van der Waals surface area contributed by atoms with Crippen molar-refractivity contribution in [1.29, 1.82) is 0 Å². The van der Waals surface area contributed by atoms with E-state index in [2.05, 4.69) is 32.8 Å². The van der Waals surface area contributed by atoms with Gasteiger partial charge in [0, 0.05) is 18.7 Å². The van der Waals surface area contributed by atoms with E-state index in [0.29, 0.717) is 10.5 Å². The Balaban J connectivity index is 2.11. The van der Waals surface area contributed by atoms with Gasteiger partial charge in [-0.3, -0.25) is 0 Å². The average Bonchev–Trinajstić information content (AvgIpc) is 2.28. The maximum absolute atomic E-state index is 13.3. The minimum atomic E-state index is -0.226. The van der Waals surface area contributed by atoms with Gasteiger partial charge in [0.15, 0.2) is 0 Å². The molecule has 2 nitrogen and oxygen atoms in total. The number of hydrogen-bond acceptors (Lipinski definition) is 3. The van der Waals surface area contributed by atoms with Crippen LogP contribution in [0.4, 0.5) is 15.8 Å². The quantitative estimate of drug-likeness (QED) is 0.893. The monoisotopic (exact) mass is 304 g/mol. The minimum absolute atomic E-state index is 0.226. The van der Waals surface area contributed by atoms with Gasteiger partial charge in [0.05, 0.1) is 15.8 Å². The molecule has 1 heterocycles. The topological polar surface area (TPSA) is 24.1 Å². The third-order valence-corrected chi connectivity index (χ3v) is 3.88. The molecule has 0 aromatic heterocycles. The molecule has 1 aromatic carbocycles. The number of hydrogen-bond donors (Lipinski definition) is 2. The number of benzene rings is 1. The highest BCUT2D eigenvalue weighted by molar-refractivity contribution is 9.10. The van der Waals surface area contributed by atoms with E-state index in [1.54, 1.807) is 6.07 Å². The molecular formula is C11H14BrFN2S. The molecule has 0 saturated heterocycles. The SMILES string of the molecule is CSCCC1CNc2cc(F)c(Br)cc2N1. The van der Waals surface area contributed by atoms with Gasteiger partial charge in [0.1, 0.15) is 5.82 Å². The predicted octanol–water partition coefficient (Wildman–Crippen LogP) is 3.55. The molecule has 1 aliphatic heterocycles. The first kappa shape index (κ1) is 12.0. The van der Waals surface area contributed by atoms with Gasteiger partial charge in [-0.2, -0.15) is 11.8 Å². The van der Waals surface area contributed by atoms with Crippen LogP contribution in [0, 0.1) is 5.82 Å². The van der Waals surface area contributed by atoms with Crippen LogP contribution in [0.25, 0.3) is 0 Å². The number of thioether (sulfide) groups is 1. The fourth-order valence-electron chi connectivity index (χ4n) is 1.75.